The standard InChI is InChI=1S/C37H47ClN4O7S/c1-40(2)50(47,48)39-35(45)37(46)20-34(44)42-17-15-28(42)7-3-4-8-32(43)29-12-9-25(29)21-41-22-36(23-49-33-14-10-26(37)19-31(33)41)16-5-6-24-18-27(38)11-13-30(24)36/h4,8,10-11,13-14,18-19,25,28-29,32,43,46H,3,5-7,9,12,15-17,20-23H2,1-2H3,(H,39,45)/b8-4+/t25-,28-,29+,32-,36-,37-/m0/s1. The highest BCUT2D eigenvalue weighted by Gasteiger charge is 2.48. The van der Waals surface area contributed by atoms with E-state index in [1.54, 1.807) is 23.1 Å². The van der Waals surface area contributed by atoms with Crippen molar-refractivity contribution in [1.82, 2.24) is 13.9 Å². The first-order valence-electron chi connectivity index (χ1n) is 17.7. The van der Waals surface area contributed by atoms with Crippen molar-refractivity contribution in [2.45, 2.75) is 80.9 Å². The van der Waals surface area contributed by atoms with Gasteiger partial charge < -0.3 is 24.7 Å². The third-order valence-corrected chi connectivity index (χ3v) is 13.5. The number of nitrogens with one attached hydrogen (secondary N) is 1. The van der Waals surface area contributed by atoms with Gasteiger partial charge in [0.05, 0.1) is 24.8 Å². The minimum atomic E-state index is -4.29. The van der Waals surface area contributed by atoms with E-state index in [1.165, 1.54) is 25.2 Å². The Morgan fingerprint density at radius 2 is 1.94 bits per heavy atom. The smallest absolute Gasteiger partial charge is 0.303 e. The number of aliphatic hydroxyl groups is 2. The first kappa shape index (κ1) is 35.3. The van der Waals surface area contributed by atoms with E-state index in [0.717, 1.165) is 42.8 Å². The lowest BCUT2D eigenvalue weighted by molar-refractivity contribution is -0.153. The molecule has 0 radical (unpaired) electrons. The Kier molecular flexibility index (Phi) is 9.47. The van der Waals surface area contributed by atoms with Crippen molar-refractivity contribution in [3.8, 4) is 5.75 Å². The minimum absolute atomic E-state index is 0.0744. The second-order valence-corrected chi connectivity index (χ2v) is 17.4. The Bertz CT molecular complexity index is 1800. The molecular weight excluding hydrogens is 680 g/mol. The molecule has 0 unspecified atom stereocenters. The van der Waals surface area contributed by atoms with Crippen LogP contribution < -0.4 is 14.4 Å². The normalized spacial score (nSPS) is 31.9. The number of carbonyl (C=O) groups excluding carboxylic acids is 2. The zero-order chi connectivity index (χ0) is 35.4. The highest BCUT2D eigenvalue weighted by molar-refractivity contribution is 7.87. The van der Waals surface area contributed by atoms with Crippen LogP contribution in [0, 0.1) is 11.8 Å². The van der Waals surface area contributed by atoms with Crippen LogP contribution in [0.5, 0.6) is 5.75 Å². The summed E-state index contributed by atoms with van der Waals surface area (Å²) >= 11 is 6.43. The van der Waals surface area contributed by atoms with Crippen LogP contribution in [-0.4, -0.2) is 92.1 Å². The molecule has 50 heavy (non-hydrogen) atoms. The van der Waals surface area contributed by atoms with E-state index >= 15 is 0 Å². The van der Waals surface area contributed by atoms with Crippen molar-refractivity contribution in [2.75, 3.05) is 45.2 Å². The molecule has 3 aliphatic heterocycles. The van der Waals surface area contributed by atoms with Gasteiger partial charge in [0, 0.05) is 50.2 Å². The predicted molar refractivity (Wildman–Crippen MR) is 190 cm³/mol. The van der Waals surface area contributed by atoms with Crippen molar-refractivity contribution >= 4 is 39.3 Å². The Morgan fingerprint density at radius 1 is 1.12 bits per heavy atom. The number of hydrogen-bond donors (Lipinski definition) is 3. The van der Waals surface area contributed by atoms with Crippen molar-refractivity contribution in [1.29, 1.82) is 0 Å². The fraction of sp³-hybridized carbons (Fsp3) is 0.568. The summed E-state index contributed by atoms with van der Waals surface area (Å²) in [4.78, 5) is 31.6. The number of ether oxygens (including phenoxy) is 1. The summed E-state index contributed by atoms with van der Waals surface area (Å²) in [5.74, 6) is -0.811. The molecule has 2 bridgehead atoms. The van der Waals surface area contributed by atoms with Crippen LogP contribution in [0.3, 0.4) is 0 Å². The van der Waals surface area contributed by atoms with E-state index in [9.17, 15) is 28.2 Å². The molecule has 3 heterocycles. The third-order valence-electron chi connectivity index (χ3n) is 11.8. The van der Waals surface area contributed by atoms with Gasteiger partial charge in [0.1, 0.15) is 5.75 Å². The largest absolute Gasteiger partial charge is 0.490 e. The number of fused-ring (bicyclic) bond motifs is 5. The number of carbonyl (C=O) groups is 2. The summed E-state index contributed by atoms with van der Waals surface area (Å²) in [5.41, 5.74) is 0.271. The van der Waals surface area contributed by atoms with Gasteiger partial charge >= 0.3 is 10.2 Å². The topological polar surface area (TPSA) is 140 Å². The van der Waals surface area contributed by atoms with Gasteiger partial charge in [0.25, 0.3) is 5.91 Å². The molecule has 1 spiro atoms. The highest BCUT2D eigenvalue weighted by Crippen LogP contribution is 2.47. The molecule has 1 saturated heterocycles. The fourth-order valence-electron chi connectivity index (χ4n) is 8.59. The van der Waals surface area contributed by atoms with Crippen LogP contribution in [0.4, 0.5) is 5.69 Å². The average Bonchev–Trinajstić information content (AvgIpc) is 3.18. The van der Waals surface area contributed by atoms with Crippen LogP contribution in [0.1, 0.15) is 68.1 Å². The van der Waals surface area contributed by atoms with Crippen molar-refractivity contribution in [2.24, 2.45) is 11.8 Å². The molecule has 11 nitrogen and oxygen atoms in total. The van der Waals surface area contributed by atoms with E-state index in [1.807, 2.05) is 29.0 Å². The average molecular weight is 727 g/mol. The quantitative estimate of drug-likeness (QED) is 0.408. The maximum atomic E-state index is 13.9. The molecule has 6 atom stereocenters. The number of halogens is 1. The van der Waals surface area contributed by atoms with Crippen LogP contribution >= 0.6 is 11.6 Å². The molecule has 2 aliphatic carbocycles. The molecule has 7 rings (SSSR count). The number of amides is 2. The van der Waals surface area contributed by atoms with E-state index < -0.39 is 40.1 Å². The summed E-state index contributed by atoms with van der Waals surface area (Å²) in [6.07, 6.45) is 9.44. The van der Waals surface area contributed by atoms with E-state index in [2.05, 4.69) is 11.0 Å². The lowest BCUT2D eigenvalue weighted by Gasteiger charge is -2.45. The number of nitrogens with zero attached hydrogens (tertiary/aromatic N) is 3. The molecule has 3 N–H and O–H groups in total. The van der Waals surface area contributed by atoms with Crippen LogP contribution in [0.15, 0.2) is 48.6 Å². The summed E-state index contributed by atoms with van der Waals surface area (Å²) in [7, 11) is -1.73. The van der Waals surface area contributed by atoms with Crippen LogP contribution in [0.2, 0.25) is 5.02 Å². The highest BCUT2D eigenvalue weighted by atomic mass is 35.5. The number of hydrogen-bond acceptors (Lipinski definition) is 8. The Morgan fingerprint density at radius 3 is 2.66 bits per heavy atom. The lowest BCUT2D eigenvalue weighted by Crippen LogP contribution is -2.56. The molecule has 0 aromatic heterocycles. The molecule has 2 fully saturated rings. The van der Waals surface area contributed by atoms with Crippen molar-refractivity contribution in [3.63, 3.8) is 0 Å². The Hall–Kier alpha value is -3.16. The third kappa shape index (κ3) is 6.42. The fourth-order valence-corrected chi connectivity index (χ4v) is 9.37. The predicted octanol–water partition coefficient (Wildman–Crippen LogP) is 3.65. The molecule has 270 valence electrons. The second kappa shape index (κ2) is 13.4. The van der Waals surface area contributed by atoms with Gasteiger partial charge in [0.15, 0.2) is 5.60 Å². The first-order chi connectivity index (χ1) is 23.8. The van der Waals surface area contributed by atoms with Gasteiger partial charge in [-0.1, -0.05) is 35.9 Å². The molecule has 1 saturated carbocycles. The molecule has 2 aromatic carbocycles. The number of rotatable bonds is 3. The van der Waals surface area contributed by atoms with Gasteiger partial charge in [0.2, 0.25) is 5.91 Å². The molecule has 5 aliphatic rings. The Labute approximate surface area is 299 Å². The summed E-state index contributed by atoms with van der Waals surface area (Å²) in [6.45, 7) is 2.08. The van der Waals surface area contributed by atoms with Gasteiger partial charge in [-0.3, -0.25) is 9.59 Å². The van der Waals surface area contributed by atoms with Gasteiger partial charge in [-0.25, -0.2) is 4.72 Å². The summed E-state index contributed by atoms with van der Waals surface area (Å²) < 4.78 is 35.2. The SMILES string of the molecule is CN(C)S(=O)(=O)NC(=O)[C@]1(O)CC(=O)N2CC[C@@H]2CC/C=C/[C@H](O)[C@@H]2CC[C@H]2CN2C[C@@]3(CCCc4cc(Cl)ccc43)COc3ccc1cc32. The Balaban J connectivity index is 1.34. The maximum Gasteiger partial charge on any atom is 0.303 e. The van der Waals surface area contributed by atoms with E-state index in [0.29, 0.717) is 55.5 Å². The molecule has 2 aromatic rings. The van der Waals surface area contributed by atoms with Gasteiger partial charge in [-0.05, 0) is 104 Å². The number of benzene rings is 2. The molecular formula is C37H47ClN4O7S. The molecule has 2 amide bonds. The first-order valence-corrected chi connectivity index (χ1v) is 19.5. The maximum absolute atomic E-state index is 13.9. The number of anilines is 1. The van der Waals surface area contributed by atoms with Gasteiger partial charge in [-0.2, -0.15) is 12.7 Å². The zero-order valence-electron chi connectivity index (χ0n) is 28.7. The zero-order valence-corrected chi connectivity index (χ0v) is 30.3. The van der Waals surface area contributed by atoms with Crippen molar-refractivity contribution < 1.29 is 33.0 Å². The van der Waals surface area contributed by atoms with E-state index in [-0.39, 0.29) is 28.9 Å². The number of allylic oxidation sites excluding steroid dienone is 1. The monoisotopic (exact) mass is 726 g/mol. The number of aliphatic hydroxyl groups excluding tert-OH is 1. The minimum Gasteiger partial charge on any atom is -0.490 e. The van der Waals surface area contributed by atoms with Gasteiger partial charge in [-0.15, -0.1) is 0 Å². The van der Waals surface area contributed by atoms with Crippen molar-refractivity contribution in [3.05, 3.63) is 70.3 Å². The van der Waals surface area contributed by atoms with E-state index in [4.69, 9.17) is 16.3 Å². The van der Waals surface area contributed by atoms with Crippen LogP contribution in [0.25, 0.3) is 0 Å². The lowest BCUT2D eigenvalue weighted by atomic mass is 9.68. The summed E-state index contributed by atoms with van der Waals surface area (Å²) in [5, 5.41) is 24.3. The van der Waals surface area contributed by atoms with Crippen LogP contribution in [-0.2, 0) is 37.2 Å². The number of aryl methyl sites for hydroxylation is 1. The second-order valence-electron chi connectivity index (χ2n) is 15.1. The summed E-state index contributed by atoms with van der Waals surface area (Å²) in [6, 6.07) is 10.9. The molecule has 13 heteroatoms.